The molecule has 2 aromatic carbocycles. The molecule has 1 aliphatic rings. The van der Waals surface area contributed by atoms with Crippen LogP contribution in [-0.4, -0.2) is 73.9 Å². The number of aliphatic carboxylic acids is 3. The smallest absolute Gasteiger partial charge is 0.336 e. The standard InChI is InChI=1S/C22H26N2O.C6H8O7/c1-2-22(25)24(20-11-7-4-8-12-20)21-14-17-23(18-15-21)16-13-19-9-5-3-6-10-19;7-3(8)1-6(13,5(11)12)2-4(9)10/h3-13,16,21H,2,14-15,17-18H2,1H3;13H,1-2H2,(H,7,8)(H,9,10)(H,11,12). The molecule has 0 radical (unpaired) electrons. The quantitative estimate of drug-likeness (QED) is 0.365. The highest BCUT2D eigenvalue weighted by atomic mass is 16.4. The number of piperidine rings is 1. The van der Waals surface area contributed by atoms with E-state index >= 15 is 0 Å². The lowest BCUT2D eigenvalue weighted by Gasteiger charge is -2.38. The monoisotopic (exact) mass is 526 g/mol. The maximum absolute atomic E-state index is 12.5. The van der Waals surface area contributed by atoms with Gasteiger partial charge in [0.25, 0.3) is 0 Å². The van der Waals surface area contributed by atoms with Crippen LogP contribution in [0.1, 0.15) is 44.6 Å². The Hall–Kier alpha value is -4.18. The van der Waals surface area contributed by atoms with E-state index in [1.165, 1.54) is 5.56 Å². The molecule has 2 aromatic rings. The number of anilines is 1. The third-order valence-electron chi connectivity index (χ3n) is 6.03. The fourth-order valence-electron chi connectivity index (χ4n) is 4.08. The molecular formula is C28H34N2O8. The van der Waals surface area contributed by atoms with Crippen molar-refractivity contribution in [2.75, 3.05) is 18.0 Å². The van der Waals surface area contributed by atoms with Gasteiger partial charge in [-0.3, -0.25) is 14.4 Å². The number of benzene rings is 2. The summed E-state index contributed by atoms with van der Waals surface area (Å²) in [6, 6.07) is 20.7. The van der Waals surface area contributed by atoms with Crippen LogP contribution in [0, 0.1) is 0 Å². The molecule has 0 aromatic heterocycles. The number of nitrogens with zero attached hydrogens (tertiary/aromatic N) is 2. The molecule has 1 heterocycles. The maximum atomic E-state index is 12.5. The number of aliphatic hydroxyl groups is 1. The number of para-hydroxylation sites is 1. The van der Waals surface area contributed by atoms with Gasteiger partial charge in [-0.15, -0.1) is 0 Å². The van der Waals surface area contributed by atoms with Gasteiger partial charge in [-0.05, 0) is 42.8 Å². The highest BCUT2D eigenvalue weighted by Gasteiger charge is 2.40. The highest BCUT2D eigenvalue weighted by Crippen LogP contribution is 2.25. The summed E-state index contributed by atoms with van der Waals surface area (Å²) in [6.45, 7) is 3.90. The third kappa shape index (κ3) is 9.36. The molecule has 0 spiro atoms. The van der Waals surface area contributed by atoms with Crippen LogP contribution in [-0.2, 0) is 19.2 Å². The van der Waals surface area contributed by atoms with Crippen molar-refractivity contribution in [2.24, 2.45) is 0 Å². The lowest BCUT2D eigenvalue weighted by molar-refractivity contribution is -0.170. The highest BCUT2D eigenvalue weighted by molar-refractivity contribution is 5.93. The predicted molar refractivity (Wildman–Crippen MR) is 141 cm³/mol. The maximum Gasteiger partial charge on any atom is 0.336 e. The first-order valence-corrected chi connectivity index (χ1v) is 12.3. The molecule has 1 fully saturated rings. The molecule has 0 saturated carbocycles. The molecule has 0 aliphatic carbocycles. The van der Waals surface area contributed by atoms with E-state index in [4.69, 9.17) is 20.4 Å². The first-order valence-electron chi connectivity index (χ1n) is 12.3. The number of hydrogen-bond acceptors (Lipinski definition) is 6. The van der Waals surface area contributed by atoms with E-state index in [1.54, 1.807) is 0 Å². The molecule has 4 N–H and O–H groups in total. The van der Waals surface area contributed by atoms with Gasteiger partial charge in [-0.25, -0.2) is 4.79 Å². The van der Waals surface area contributed by atoms with Crippen LogP contribution < -0.4 is 4.90 Å². The van der Waals surface area contributed by atoms with Gasteiger partial charge in [0.05, 0.1) is 12.8 Å². The SMILES string of the molecule is CCC(=O)N(c1ccccc1)C1CCN(C=Cc2ccccc2)CC1.O=C(O)CC(O)(CC(=O)O)C(=O)O. The Balaban J connectivity index is 0.000000332. The minimum absolute atomic E-state index is 0.212. The van der Waals surface area contributed by atoms with Crippen molar-refractivity contribution < 1.29 is 39.6 Å². The lowest BCUT2D eigenvalue weighted by Crippen LogP contribution is -2.46. The summed E-state index contributed by atoms with van der Waals surface area (Å²) in [4.78, 5) is 47.3. The van der Waals surface area contributed by atoms with E-state index in [-0.39, 0.29) is 11.9 Å². The zero-order chi connectivity index (χ0) is 28.1. The van der Waals surface area contributed by atoms with Crippen molar-refractivity contribution in [2.45, 2.75) is 50.7 Å². The number of carbonyl (C=O) groups is 4. The fraction of sp³-hybridized carbons (Fsp3) is 0.357. The Kier molecular flexibility index (Phi) is 11.5. The van der Waals surface area contributed by atoms with E-state index < -0.39 is 36.4 Å². The molecule has 3 rings (SSSR count). The van der Waals surface area contributed by atoms with Gasteiger partial charge in [-0.1, -0.05) is 55.5 Å². The summed E-state index contributed by atoms with van der Waals surface area (Å²) in [5, 5.41) is 33.8. The van der Waals surface area contributed by atoms with Crippen molar-refractivity contribution in [3.05, 3.63) is 72.4 Å². The minimum Gasteiger partial charge on any atom is -0.481 e. The molecule has 0 unspecified atom stereocenters. The number of likely N-dealkylation sites (tertiary alicyclic amines) is 1. The molecule has 204 valence electrons. The van der Waals surface area contributed by atoms with E-state index in [9.17, 15) is 19.2 Å². The van der Waals surface area contributed by atoms with Crippen LogP contribution in [0.5, 0.6) is 0 Å². The Morgan fingerprint density at radius 1 is 0.895 bits per heavy atom. The molecule has 0 atom stereocenters. The first-order chi connectivity index (χ1) is 18.1. The van der Waals surface area contributed by atoms with Crippen LogP contribution in [0.2, 0.25) is 0 Å². The lowest BCUT2D eigenvalue weighted by atomic mass is 9.96. The van der Waals surface area contributed by atoms with Gasteiger partial charge in [0.2, 0.25) is 5.91 Å². The van der Waals surface area contributed by atoms with E-state index in [1.807, 2.05) is 48.2 Å². The average molecular weight is 527 g/mol. The van der Waals surface area contributed by atoms with Crippen molar-refractivity contribution >= 4 is 35.6 Å². The third-order valence-corrected chi connectivity index (χ3v) is 6.03. The molecule has 0 bridgehead atoms. The minimum atomic E-state index is -2.74. The van der Waals surface area contributed by atoms with Crippen LogP contribution >= 0.6 is 0 Å². The summed E-state index contributed by atoms with van der Waals surface area (Å²) in [7, 11) is 0. The van der Waals surface area contributed by atoms with E-state index in [0.717, 1.165) is 31.6 Å². The van der Waals surface area contributed by atoms with Crippen LogP contribution in [0.3, 0.4) is 0 Å². The van der Waals surface area contributed by atoms with Gasteiger partial charge >= 0.3 is 17.9 Å². The van der Waals surface area contributed by atoms with Gasteiger partial charge in [0.1, 0.15) is 0 Å². The van der Waals surface area contributed by atoms with Crippen molar-refractivity contribution in [3.63, 3.8) is 0 Å². The molecule has 1 saturated heterocycles. The average Bonchev–Trinajstić information content (AvgIpc) is 2.89. The summed E-state index contributed by atoms with van der Waals surface area (Å²) in [5.74, 6) is -4.81. The second-order valence-corrected chi connectivity index (χ2v) is 8.92. The number of carbonyl (C=O) groups excluding carboxylic acids is 1. The fourth-order valence-corrected chi connectivity index (χ4v) is 4.08. The molecule has 38 heavy (non-hydrogen) atoms. The summed E-state index contributed by atoms with van der Waals surface area (Å²) in [5.41, 5.74) is -0.498. The van der Waals surface area contributed by atoms with E-state index in [0.29, 0.717) is 6.42 Å². The molecular weight excluding hydrogens is 492 g/mol. The zero-order valence-electron chi connectivity index (χ0n) is 21.3. The number of amides is 1. The number of carboxylic acid groups (broad SMARTS) is 3. The van der Waals surface area contributed by atoms with Crippen molar-refractivity contribution in [1.82, 2.24) is 4.90 Å². The van der Waals surface area contributed by atoms with Crippen LogP contribution in [0.25, 0.3) is 6.08 Å². The summed E-state index contributed by atoms with van der Waals surface area (Å²) in [6.07, 6.45) is 4.60. The van der Waals surface area contributed by atoms with Gasteiger partial charge < -0.3 is 30.2 Å². The van der Waals surface area contributed by atoms with E-state index in [2.05, 4.69) is 41.4 Å². The molecule has 1 aliphatic heterocycles. The van der Waals surface area contributed by atoms with Gasteiger partial charge in [0.15, 0.2) is 5.60 Å². The summed E-state index contributed by atoms with van der Waals surface area (Å²) >= 11 is 0. The number of rotatable bonds is 10. The Morgan fingerprint density at radius 3 is 1.84 bits per heavy atom. The second-order valence-electron chi connectivity index (χ2n) is 8.92. The topological polar surface area (TPSA) is 156 Å². The van der Waals surface area contributed by atoms with Gasteiger partial charge in [0, 0.05) is 31.2 Å². The Morgan fingerprint density at radius 2 is 1.39 bits per heavy atom. The van der Waals surface area contributed by atoms with Crippen molar-refractivity contribution in [1.29, 1.82) is 0 Å². The number of carboxylic acids is 3. The second kappa shape index (κ2) is 14.5. The molecule has 1 amide bonds. The Bertz CT molecular complexity index is 1080. The summed E-state index contributed by atoms with van der Waals surface area (Å²) < 4.78 is 0. The van der Waals surface area contributed by atoms with Crippen LogP contribution in [0.4, 0.5) is 5.69 Å². The largest absolute Gasteiger partial charge is 0.481 e. The molecule has 10 nitrogen and oxygen atoms in total. The first kappa shape index (κ1) is 30.0. The van der Waals surface area contributed by atoms with Crippen molar-refractivity contribution in [3.8, 4) is 0 Å². The normalized spacial score (nSPS) is 13.9. The molecule has 10 heteroatoms. The number of hydrogen-bond donors (Lipinski definition) is 4. The van der Waals surface area contributed by atoms with Gasteiger partial charge in [-0.2, -0.15) is 0 Å². The zero-order valence-corrected chi connectivity index (χ0v) is 21.3. The Labute approximate surface area is 221 Å². The predicted octanol–water partition coefficient (Wildman–Crippen LogP) is 3.32. The van der Waals surface area contributed by atoms with Crippen LogP contribution in [0.15, 0.2) is 66.9 Å².